The topological polar surface area (TPSA) is 76.2 Å². The number of benzene rings is 2. The summed E-state index contributed by atoms with van der Waals surface area (Å²) in [6, 6.07) is 12.9. The van der Waals surface area contributed by atoms with Crippen molar-refractivity contribution in [1.29, 1.82) is 5.26 Å². The lowest BCUT2D eigenvalue weighted by atomic mass is 10.2. The Morgan fingerprint density at radius 3 is 2.47 bits per heavy atom. The lowest BCUT2D eigenvalue weighted by Crippen LogP contribution is -1.93. The van der Waals surface area contributed by atoms with Crippen LogP contribution in [0.25, 0.3) is 0 Å². The molecule has 0 amide bonds. The van der Waals surface area contributed by atoms with Crippen LogP contribution in [-0.4, -0.2) is 4.92 Å². The minimum absolute atomic E-state index is 0.126. The molecule has 0 fully saturated rings. The summed E-state index contributed by atoms with van der Waals surface area (Å²) in [5.41, 5.74) is 0.372. The van der Waals surface area contributed by atoms with Crippen molar-refractivity contribution in [3.05, 3.63) is 62.6 Å². The molecule has 5 nitrogen and oxygen atoms in total. The Hall–Kier alpha value is -2.39. The molecule has 0 aliphatic heterocycles. The van der Waals surface area contributed by atoms with Crippen LogP contribution < -0.4 is 4.74 Å². The molecule has 0 atom stereocenters. The van der Waals surface area contributed by atoms with E-state index in [1.165, 1.54) is 12.1 Å². The first kappa shape index (κ1) is 13.1. The maximum atomic E-state index is 10.9. The largest absolute Gasteiger partial charge is 0.450 e. The molecule has 0 heterocycles. The van der Waals surface area contributed by atoms with Gasteiger partial charge in [-0.3, -0.25) is 10.1 Å². The number of hydrogen-bond donors (Lipinski definition) is 0. The zero-order valence-corrected chi connectivity index (χ0v) is 11.1. The van der Waals surface area contributed by atoms with E-state index in [2.05, 4.69) is 15.9 Å². The molecular formula is C13H7BrN2O3. The van der Waals surface area contributed by atoms with E-state index < -0.39 is 4.92 Å². The molecule has 6 heteroatoms. The summed E-state index contributed by atoms with van der Waals surface area (Å²) in [5, 5.41) is 19.6. The van der Waals surface area contributed by atoms with Gasteiger partial charge in [-0.15, -0.1) is 0 Å². The smallest absolute Gasteiger partial charge is 0.312 e. The number of hydrogen-bond acceptors (Lipinski definition) is 4. The van der Waals surface area contributed by atoms with E-state index in [4.69, 9.17) is 10.00 Å². The van der Waals surface area contributed by atoms with Crippen molar-refractivity contribution < 1.29 is 9.66 Å². The predicted octanol–water partition coefficient (Wildman–Crippen LogP) is 4.02. The van der Waals surface area contributed by atoms with Crippen LogP contribution in [0.4, 0.5) is 5.69 Å². The Bertz CT molecular complexity index is 663. The van der Waals surface area contributed by atoms with Crippen LogP contribution >= 0.6 is 15.9 Å². The fourth-order valence-electron chi connectivity index (χ4n) is 1.44. The third-order valence-corrected chi connectivity index (χ3v) is 2.82. The summed E-state index contributed by atoms with van der Waals surface area (Å²) >= 11 is 3.17. The van der Waals surface area contributed by atoms with E-state index in [1.807, 2.05) is 6.07 Å². The second kappa shape index (κ2) is 5.50. The van der Waals surface area contributed by atoms with Gasteiger partial charge in [-0.2, -0.15) is 5.26 Å². The van der Waals surface area contributed by atoms with Crippen molar-refractivity contribution >= 4 is 21.6 Å². The van der Waals surface area contributed by atoms with Gasteiger partial charge in [0.25, 0.3) is 0 Å². The number of nitro groups is 1. The summed E-state index contributed by atoms with van der Waals surface area (Å²) in [6.45, 7) is 0. The second-order valence-corrected chi connectivity index (χ2v) is 4.52. The van der Waals surface area contributed by atoms with Crippen molar-refractivity contribution in [2.45, 2.75) is 0 Å². The molecule has 0 radical (unpaired) electrons. The first-order valence-corrected chi connectivity index (χ1v) is 6.01. The Labute approximate surface area is 117 Å². The average Bonchev–Trinajstić information content (AvgIpc) is 2.41. The average molecular weight is 319 g/mol. The molecule has 0 aromatic heterocycles. The molecule has 19 heavy (non-hydrogen) atoms. The zero-order valence-electron chi connectivity index (χ0n) is 9.54. The van der Waals surface area contributed by atoms with Gasteiger partial charge < -0.3 is 4.74 Å². The third kappa shape index (κ3) is 3.09. The second-order valence-electron chi connectivity index (χ2n) is 3.61. The number of nitrogens with zero attached hydrogens (tertiary/aromatic N) is 2. The minimum atomic E-state index is -0.510. The maximum Gasteiger partial charge on any atom is 0.312 e. The first-order valence-electron chi connectivity index (χ1n) is 5.22. The summed E-state index contributed by atoms with van der Waals surface area (Å²) in [7, 11) is 0. The summed E-state index contributed by atoms with van der Waals surface area (Å²) in [5.74, 6) is 0.585. The molecule has 0 bridgehead atoms. The van der Waals surface area contributed by atoms with E-state index in [0.717, 1.165) is 0 Å². The number of rotatable bonds is 3. The molecular weight excluding hydrogens is 312 g/mol. The van der Waals surface area contributed by atoms with E-state index in [0.29, 0.717) is 15.8 Å². The molecule has 2 rings (SSSR count). The zero-order chi connectivity index (χ0) is 13.8. The standard InChI is InChI=1S/C13H7BrN2O3/c14-10-3-6-13(12(7-10)16(17)18)19-11-4-1-9(8-15)2-5-11/h1-7H. The molecule has 94 valence electrons. The number of nitro benzene ring substituents is 1. The first-order chi connectivity index (χ1) is 9.10. The van der Waals surface area contributed by atoms with Crippen molar-refractivity contribution in [2.24, 2.45) is 0 Å². The molecule has 0 saturated heterocycles. The van der Waals surface area contributed by atoms with Crippen molar-refractivity contribution in [3.8, 4) is 17.6 Å². The summed E-state index contributed by atoms with van der Waals surface area (Å²) in [4.78, 5) is 10.4. The van der Waals surface area contributed by atoms with Gasteiger partial charge in [-0.1, -0.05) is 15.9 Å². The monoisotopic (exact) mass is 318 g/mol. The minimum Gasteiger partial charge on any atom is -0.450 e. The van der Waals surface area contributed by atoms with Gasteiger partial charge in [0.15, 0.2) is 0 Å². The summed E-state index contributed by atoms with van der Waals surface area (Å²) in [6.07, 6.45) is 0. The van der Waals surface area contributed by atoms with Crippen LogP contribution in [0.3, 0.4) is 0 Å². The molecule has 2 aromatic carbocycles. The highest BCUT2D eigenvalue weighted by Crippen LogP contribution is 2.33. The van der Waals surface area contributed by atoms with Crippen molar-refractivity contribution in [1.82, 2.24) is 0 Å². The highest BCUT2D eigenvalue weighted by atomic mass is 79.9. The van der Waals surface area contributed by atoms with Crippen LogP contribution in [0.1, 0.15) is 5.56 Å². The Balaban J connectivity index is 2.32. The van der Waals surface area contributed by atoms with Gasteiger partial charge in [0.2, 0.25) is 5.75 Å². The van der Waals surface area contributed by atoms with Crippen molar-refractivity contribution in [3.63, 3.8) is 0 Å². The van der Waals surface area contributed by atoms with Crippen LogP contribution in [0, 0.1) is 21.4 Å². The lowest BCUT2D eigenvalue weighted by molar-refractivity contribution is -0.385. The molecule has 0 saturated carbocycles. The summed E-state index contributed by atoms with van der Waals surface area (Å²) < 4.78 is 6.06. The van der Waals surface area contributed by atoms with Crippen LogP contribution in [0.15, 0.2) is 46.9 Å². The molecule has 0 spiro atoms. The normalized spacial score (nSPS) is 9.68. The highest BCUT2D eigenvalue weighted by molar-refractivity contribution is 9.10. The fraction of sp³-hybridized carbons (Fsp3) is 0. The Morgan fingerprint density at radius 2 is 1.89 bits per heavy atom. The molecule has 0 unspecified atom stereocenters. The van der Waals surface area contributed by atoms with Crippen molar-refractivity contribution in [2.75, 3.05) is 0 Å². The third-order valence-electron chi connectivity index (χ3n) is 2.33. The lowest BCUT2D eigenvalue weighted by Gasteiger charge is -2.06. The van der Waals surface area contributed by atoms with Gasteiger partial charge in [-0.05, 0) is 36.4 Å². The molecule has 0 aliphatic carbocycles. The SMILES string of the molecule is N#Cc1ccc(Oc2ccc(Br)cc2[N+](=O)[O-])cc1. The Kier molecular flexibility index (Phi) is 3.78. The van der Waals surface area contributed by atoms with Crippen LogP contribution in [0.2, 0.25) is 0 Å². The predicted molar refractivity (Wildman–Crippen MR) is 72.0 cm³/mol. The van der Waals surface area contributed by atoms with E-state index in [1.54, 1.807) is 30.3 Å². The van der Waals surface area contributed by atoms with Gasteiger partial charge in [0.1, 0.15) is 5.75 Å². The number of halogens is 1. The van der Waals surface area contributed by atoms with E-state index in [-0.39, 0.29) is 11.4 Å². The molecule has 2 aromatic rings. The van der Waals surface area contributed by atoms with Crippen LogP contribution in [-0.2, 0) is 0 Å². The van der Waals surface area contributed by atoms with Gasteiger partial charge in [0.05, 0.1) is 16.6 Å². The van der Waals surface area contributed by atoms with Gasteiger partial charge >= 0.3 is 5.69 Å². The quantitative estimate of drug-likeness (QED) is 0.632. The van der Waals surface area contributed by atoms with Crippen LogP contribution in [0.5, 0.6) is 11.5 Å². The maximum absolute atomic E-state index is 10.9. The molecule has 0 aliphatic rings. The van der Waals surface area contributed by atoms with E-state index in [9.17, 15) is 10.1 Å². The molecule has 0 N–H and O–H groups in total. The number of ether oxygens (including phenoxy) is 1. The number of nitriles is 1. The highest BCUT2D eigenvalue weighted by Gasteiger charge is 2.16. The van der Waals surface area contributed by atoms with Gasteiger partial charge in [0, 0.05) is 10.5 Å². The fourth-order valence-corrected chi connectivity index (χ4v) is 1.79. The van der Waals surface area contributed by atoms with E-state index >= 15 is 0 Å². The Morgan fingerprint density at radius 1 is 1.21 bits per heavy atom. The van der Waals surface area contributed by atoms with Gasteiger partial charge in [-0.25, -0.2) is 0 Å².